The molecule has 0 atom stereocenters. The molecule has 0 spiro atoms. The Hall–Kier alpha value is -2.91. The number of amides is 1. The smallest absolute Gasteiger partial charge is 0.345 e. The molecule has 30 heavy (non-hydrogen) atoms. The fourth-order valence-corrected chi connectivity index (χ4v) is 2.87. The molecule has 0 aromatic heterocycles. The molecule has 0 aliphatic heterocycles. The lowest BCUT2D eigenvalue weighted by atomic mass is 10.2. The number of hydrogen-bond donors (Lipinski definition) is 1. The Morgan fingerprint density at radius 3 is 2.33 bits per heavy atom. The van der Waals surface area contributed by atoms with E-state index in [1.165, 1.54) is 6.21 Å². The largest absolute Gasteiger partial charge is 0.484 e. The SMILES string of the molecule is O=C(COc1ccc(I)cc1)NN=Cc1ccc(OC(=O)c2ccccc2Cl)cc1. The first-order chi connectivity index (χ1) is 14.5. The second kappa shape index (κ2) is 10.7. The highest BCUT2D eigenvalue weighted by Crippen LogP contribution is 2.19. The number of hydrazone groups is 1. The Kier molecular flexibility index (Phi) is 7.81. The molecule has 0 unspecified atom stereocenters. The van der Waals surface area contributed by atoms with Crippen LogP contribution in [0.4, 0.5) is 0 Å². The molecular formula is C22H16ClIN2O4. The molecule has 1 amide bonds. The minimum Gasteiger partial charge on any atom is -0.484 e. The van der Waals surface area contributed by atoms with Crippen LogP contribution in [-0.4, -0.2) is 24.7 Å². The van der Waals surface area contributed by atoms with Gasteiger partial charge in [-0.05, 0) is 88.8 Å². The van der Waals surface area contributed by atoms with Gasteiger partial charge in [-0.1, -0.05) is 23.7 Å². The van der Waals surface area contributed by atoms with Crippen LogP contribution in [0.5, 0.6) is 11.5 Å². The number of halogens is 2. The first-order valence-electron chi connectivity index (χ1n) is 8.78. The zero-order chi connectivity index (χ0) is 21.3. The predicted molar refractivity (Wildman–Crippen MR) is 123 cm³/mol. The molecule has 0 saturated carbocycles. The van der Waals surface area contributed by atoms with Crippen LogP contribution >= 0.6 is 34.2 Å². The van der Waals surface area contributed by atoms with E-state index in [1.807, 2.05) is 12.1 Å². The summed E-state index contributed by atoms with van der Waals surface area (Å²) in [5.74, 6) is 0.0565. The first kappa shape index (κ1) is 21.8. The van der Waals surface area contributed by atoms with Crippen molar-refractivity contribution in [2.24, 2.45) is 5.10 Å². The van der Waals surface area contributed by atoms with E-state index in [9.17, 15) is 9.59 Å². The molecule has 0 radical (unpaired) electrons. The van der Waals surface area contributed by atoms with Crippen molar-refractivity contribution in [1.82, 2.24) is 5.43 Å². The lowest BCUT2D eigenvalue weighted by molar-refractivity contribution is -0.123. The molecule has 0 fully saturated rings. The number of hydrogen-bond acceptors (Lipinski definition) is 5. The van der Waals surface area contributed by atoms with Gasteiger partial charge >= 0.3 is 5.97 Å². The number of benzene rings is 3. The third kappa shape index (κ3) is 6.57. The van der Waals surface area contributed by atoms with Gasteiger partial charge in [-0.25, -0.2) is 10.2 Å². The highest BCUT2D eigenvalue weighted by atomic mass is 127. The Morgan fingerprint density at radius 2 is 1.63 bits per heavy atom. The molecule has 0 aliphatic rings. The van der Waals surface area contributed by atoms with Crippen LogP contribution in [-0.2, 0) is 4.79 Å². The van der Waals surface area contributed by atoms with E-state index in [-0.39, 0.29) is 12.5 Å². The number of rotatable bonds is 7. The number of carbonyl (C=O) groups is 2. The van der Waals surface area contributed by atoms with E-state index >= 15 is 0 Å². The lowest BCUT2D eigenvalue weighted by Crippen LogP contribution is -2.24. The van der Waals surface area contributed by atoms with Crippen LogP contribution in [0.25, 0.3) is 0 Å². The van der Waals surface area contributed by atoms with Gasteiger partial charge in [0.05, 0.1) is 16.8 Å². The maximum absolute atomic E-state index is 12.2. The van der Waals surface area contributed by atoms with Crippen molar-refractivity contribution < 1.29 is 19.1 Å². The van der Waals surface area contributed by atoms with Gasteiger partial charge in [0.25, 0.3) is 5.91 Å². The molecule has 152 valence electrons. The Morgan fingerprint density at radius 1 is 0.967 bits per heavy atom. The maximum Gasteiger partial charge on any atom is 0.345 e. The minimum absolute atomic E-state index is 0.144. The van der Waals surface area contributed by atoms with Crippen LogP contribution in [0.1, 0.15) is 15.9 Å². The first-order valence-corrected chi connectivity index (χ1v) is 10.2. The van der Waals surface area contributed by atoms with E-state index < -0.39 is 5.97 Å². The number of nitrogens with one attached hydrogen (secondary N) is 1. The monoisotopic (exact) mass is 534 g/mol. The van der Waals surface area contributed by atoms with Gasteiger partial charge in [0, 0.05) is 3.57 Å². The standard InChI is InChI=1S/C22H16ClIN2O4/c23-20-4-2-1-3-19(20)22(28)30-18-9-5-15(6-10-18)13-25-26-21(27)14-29-17-11-7-16(24)8-12-17/h1-13H,14H2,(H,26,27). The molecular weight excluding hydrogens is 519 g/mol. The van der Waals surface area contributed by atoms with E-state index in [4.69, 9.17) is 21.1 Å². The molecule has 0 saturated heterocycles. The molecule has 0 bridgehead atoms. The van der Waals surface area contributed by atoms with Crippen molar-refractivity contribution in [3.05, 3.63) is 92.5 Å². The van der Waals surface area contributed by atoms with E-state index in [1.54, 1.807) is 60.7 Å². The highest BCUT2D eigenvalue weighted by molar-refractivity contribution is 14.1. The van der Waals surface area contributed by atoms with Crippen molar-refractivity contribution in [3.63, 3.8) is 0 Å². The summed E-state index contributed by atoms with van der Waals surface area (Å²) in [6.45, 7) is -0.144. The van der Waals surface area contributed by atoms with Crippen LogP contribution in [0.2, 0.25) is 5.02 Å². The lowest BCUT2D eigenvalue weighted by Gasteiger charge is -2.06. The highest BCUT2D eigenvalue weighted by Gasteiger charge is 2.11. The van der Waals surface area contributed by atoms with Crippen LogP contribution in [0.3, 0.4) is 0 Å². The van der Waals surface area contributed by atoms with Crippen LogP contribution in [0.15, 0.2) is 77.9 Å². The van der Waals surface area contributed by atoms with Gasteiger partial charge < -0.3 is 9.47 Å². The molecule has 0 heterocycles. The molecule has 3 aromatic carbocycles. The third-order valence-corrected chi connectivity index (χ3v) is 4.82. The van der Waals surface area contributed by atoms with Gasteiger partial charge in [-0.3, -0.25) is 4.79 Å². The summed E-state index contributed by atoms with van der Waals surface area (Å²) in [4.78, 5) is 23.9. The minimum atomic E-state index is -0.539. The van der Waals surface area contributed by atoms with Crippen molar-refractivity contribution in [1.29, 1.82) is 0 Å². The van der Waals surface area contributed by atoms with E-state index in [2.05, 4.69) is 33.1 Å². The molecule has 6 nitrogen and oxygen atoms in total. The zero-order valence-corrected chi connectivity index (χ0v) is 18.5. The number of carbonyl (C=O) groups excluding carboxylic acids is 2. The molecule has 3 rings (SSSR count). The van der Waals surface area contributed by atoms with Gasteiger partial charge in [0.1, 0.15) is 11.5 Å². The summed E-state index contributed by atoms with van der Waals surface area (Å²) in [6.07, 6.45) is 1.47. The maximum atomic E-state index is 12.2. The van der Waals surface area contributed by atoms with Gasteiger partial charge in [-0.15, -0.1) is 0 Å². The second-order valence-electron chi connectivity index (χ2n) is 5.97. The fraction of sp³-hybridized carbons (Fsp3) is 0.0455. The van der Waals surface area contributed by atoms with Gasteiger partial charge in [-0.2, -0.15) is 5.10 Å². The quantitative estimate of drug-likeness (QED) is 0.157. The van der Waals surface area contributed by atoms with Crippen molar-refractivity contribution >= 4 is 52.3 Å². The number of nitrogens with zero attached hydrogens (tertiary/aromatic N) is 1. The predicted octanol–water partition coefficient (Wildman–Crippen LogP) is 4.69. The summed E-state index contributed by atoms with van der Waals surface area (Å²) in [7, 11) is 0. The normalized spacial score (nSPS) is 10.6. The van der Waals surface area contributed by atoms with Gasteiger partial charge in [0.15, 0.2) is 6.61 Å². The second-order valence-corrected chi connectivity index (χ2v) is 7.63. The summed E-state index contributed by atoms with van der Waals surface area (Å²) >= 11 is 8.18. The van der Waals surface area contributed by atoms with Crippen molar-refractivity contribution in [2.75, 3.05) is 6.61 Å². The summed E-state index contributed by atoms with van der Waals surface area (Å²) in [6, 6.07) is 20.7. The molecule has 3 aromatic rings. The number of esters is 1. The summed E-state index contributed by atoms with van der Waals surface area (Å²) in [5, 5.41) is 4.21. The molecule has 8 heteroatoms. The van der Waals surface area contributed by atoms with Crippen molar-refractivity contribution in [2.45, 2.75) is 0 Å². The van der Waals surface area contributed by atoms with E-state index in [0.717, 1.165) is 3.57 Å². The van der Waals surface area contributed by atoms with Crippen LogP contribution in [0, 0.1) is 3.57 Å². The average Bonchev–Trinajstić information content (AvgIpc) is 2.75. The molecule has 0 aliphatic carbocycles. The fourth-order valence-electron chi connectivity index (χ4n) is 2.30. The topological polar surface area (TPSA) is 77.0 Å². The Labute approximate surface area is 192 Å². The average molecular weight is 535 g/mol. The summed E-state index contributed by atoms with van der Waals surface area (Å²) in [5.41, 5.74) is 3.40. The zero-order valence-electron chi connectivity index (χ0n) is 15.5. The molecule has 1 N–H and O–H groups in total. The van der Waals surface area contributed by atoms with Crippen LogP contribution < -0.4 is 14.9 Å². The third-order valence-electron chi connectivity index (χ3n) is 3.77. The number of ether oxygens (including phenoxy) is 2. The van der Waals surface area contributed by atoms with Gasteiger partial charge in [0.2, 0.25) is 0 Å². The Balaban J connectivity index is 1.47. The van der Waals surface area contributed by atoms with E-state index in [0.29, 0.717) is 27.6 Å². The summed E-state index contributed by atoms with van der Waals surface area (Å²) < 4.78 is 11.8. The Bertz CT molecular complexity index is 1050. The van der Waals surface area contributed by atoms with Crippen molar-refractivity contribution in [3.8, 4) is 11.5 Å².